The predicted molar refractivity (Wildman–Crippen MR) is 79.3 cm³/mol. The molecule has 0 radical (unpaired) electrons. The molecular formula is C16H32O3. The molecule has 3 nitrogen and oxygen atoms in total. The minimum absolute atomic E-state index is 0.0675. The minimum atomic E-state index is -0.255. The predicted octanol–water partition coefficient (Wildman–Crippen LogP) is 4.49. The zero-order valence-corrected chi connectivity index (χ0v) is 12.9. The van der Waals surface area contributed by atoms with Gasteiger partial charge in [0.05, 0.1) is 6.61 Å². The molecule has 0 aliphatic carbocycles. The molecule has 0 aromatic carbocycles. The van der Waals surface area contributed by atoms with Gasteiger partial charge < -0.3 is 9.47 Å². The minimum Gasteiger partial charge on any atom is -0.464 e. The fourth-order valence-corrected chi connectivity index (χ4v) is 2.11. The van der Waals surface area contributed by atoms with Gasteiger partial charge in [0.1, 0.15) is 6.61 Å². The van der Waals surface area contributed by atoms with E-state index in [-0.39, 0.29) is 12.6 Å². The molecule has 0 atom stereocenters. The largest absolute Gasteiger partial charge is 0.464 e. The number of hydrogen-bond donors (Lipinski definition) is 0. The summed E-state index contributed by atoms with van der Waals surface area (Å²) < 4.78 is 9.69. The molecule has 0 aromatic rings. The molecular weight excluding hydrogens is 240 g/mol. The van der Waals surface area contributed by atoms with Gasteiger partial charge in [-0.25, -0.2) is 4.79 Å². The first-order chi connectivity index (χ1) is 9.31. The van der Waals surface area contributed by atoms with Crippen molar-refractivity contribution in [2.45, 2.75) is 77.6 Å². The summed E-state index contributed by atoms with van der Waals surface area (Å²) in [5.41, 5.74) is 0. The summed E-state index contributed by atoms with van der Waals surface area (Å²) in [5, 5.41) is 0. The molecule has 0 amide bonds. The Morgan fingerprint density at radius 3 is 1.74 bits per heavy atom. The number of carbonyl (C=O) groups excluding carboxylic acids is 1. The molecule has 0 heterocycles. The van der Waals surface area contributed by atoms with Gasteiger partial charge in [0, 0.05) is 7.11 Å². The number of unbranched alkanes of at least 4 members (excludes halogenated alkanes) is 10. The van der Waals surface area contributed by atoms with E-state index < -0.39 is 0 Å². The van der Waals surface area contributed by atoms with Gasteiger partial charge >= 0.3 is 5.97 Å². The van der Waals surface area contributed by atoms with E-state index in [0.717, 1.165) is 12.8 Å². The lowest BCUT2D eigenvalue weighted by Gasteiger charge is -2.04. The van der Waals surface area contributed by atoms with Gasteiger partial charge in [-0.05, 0) is 6.42 Å². The van der Waals surface area contributed by atoms with E-state index in [1.807, 2.05) is 0 Å². The van der Waals surface area contributed by atoms with Gasteiger partial charge in [0.2, 0.25) is 0 Å². The second-order valence-corrected chi connectivity index (χ2v) is 5.19. The molecule has 0 N–H and O–H groups in total. The third kappa shape index (κ3) is 15.4. The molecule has 0 aliphatic rings. The maximum atomic E-state index is 11.0. The molecule has 0 aromatic heterocycles. The summed E-state index contributed by atoms with van der Waals surface area (Å²) >= 11 is 0. The summed E-state index contributed by atoms with van der Waals surface area (Å²) in [5.74, 6) is -0.255. The van der Waals surface area contributed by atoms with Crippen molar-refractivity contribution in [2.24, 2.45) is 0 Å². The maximum Gasteiger partial charge on any atom is 0.332 e. The van der Waals surface area contributed by atoms with Crippen LogP contribution < -0.4 is 0 Å². The molecule has 0 aliphatic heterocycles. The Balaban J connectivity index is 3.01. The van der Waals surface area contributed by atoms with Gasteiger partial charge in [-0.2, -0.15) is 0 Å². The second kappa shape index (κ2) is 15.5. The van der Waals surface area contributed by atoms with Crippen molar-refractivity contribution in [3.8, 4) is 0 Å². The average molecular weight is 272 g/mol. The Bertz CT molecular complexity index is 192. The van der Waals surface area contributed by atoms with Gasteiger partial charge in [-0.1, -0.05) is 71.1 Å². The van der Waals surface area contributed by atoms with Crippen LogP contribution in [0.4, 0.5) is 0 Å². The van der Waals surface area contributed by atoms with E-state index in [1.165, 1.54) is 64.9 Å². The first kappa shape index (κ1) is 18.4. The second-order valence-electron chi connectivity index (χ2n) is 5.19. The van der Waals surface area contributed by atoms with Crippen molar-refractivity contribution in [3.63, 3.8) is 0 Å². The highest BCUT2D eigenvalue weighted by Crippen LogP contribution is 2.11. The fourth-order valence-electron chi connectivity index (χ4n) is 2.11. The number of hydrogen-bond acceptors (Lipinski definition) is 3. The Hall–Kier alpha value is -0.570. The summed E-state index contributed by atoms with van der Waals surface area (Å²) in [6.07, 6.45) is 14.4. The Kier molecular flexibility index (Phi) is 15.0. The van der Waals surface area contributed by atoms with Gasteiger partial charge in [0.25, 0.3) is 0 Å². The van der Waals surface area contributed by atoms with E-state index in [0.29, 0.717) is 6.61 Å². The van der Waals surface area contributed by atoms with Crippen molar-refractivity contribution in [1.29, 1.82) is 0 Å². The monoisotopic (exact) mass is 272 g/mol. The highest BCUT2D eigenvalue weighted by atomic mass is 16.6. The van der Waals surface area contributed by atoms with Gasteiger partial charge in [0.15, 0.2) is 0 Å². The molecule has 0 rings (SSSR count). The molecule has 0 spiro atoms. The lowest BCUT2D eigenvalue weighted by Crippen LogP contribution is -2.11. The van der Waals surface area contributed by atoms with Crippen LogP contribution in [0.25, 0.3) is 0 Å². The van der Waals surface area contributed by atoms with E-state index in [2.05, 4.69) is 11.7 Å². The van der Waals surface area contributed by atoms with Gasteiger partial charge in [-0.15, -0.1) is 0 Å². The quantitative estimate of drug-likeness (QED) is 0.345. The van der Waals surface area contributed by atoms with Crippen LogP contribution in [0.2, 0.25) is 0 Å². The molecule has 0 saturated heterocycles. The molecule has 0 fully saturated rings. The van der Waals surface area contributed by atoms with Crippen molar-refractivity contribution >= 4 is 5.97 Å². The van der Waals surface area contributed by atoms with Gasteiger partial charge in [-0.3, -0.25) is 0 Å². The fraction of sp³-hybridized carbons (Fsp3) is 0.938. The molecule has 0 saturated carbocycles. The molecule has 0 unspecified atom stereocenters. The molecule has 114 valence electrons. The zero-order valence-electron chi connectivity index (χ0n) is 12.9. The van der Waals surface area contributed by atoms with Crippen LogP contribution in [0.3, 0.4) is 0 Å². The summed E-state index contributed by atoms with van der Waals surface area (Å²) in [6, 6.07) is 0. The van der Waals surface area contributed by atoms with Crippen molar-refractivity contribution in [3.05, 3.63) is 0 Å². The maximum absolute atomic E-state index is 11.0. The highest BCUT2D eigenvalue weighted by Gasteiger charge is 2.00. The van der Waals surface area contributed by atoms with Crippen LogP contribution >= 0.6 is 0 Å². The van der Waals surface area contributed by atoms with Crippen LogP contribution in [-0.4, -0.2) is 26.3 Å². The number of methoxy groups -OCH3 is 1. The number of rotatable bonds is 14. The topological polar surface area (TPSA) is 35.5 Å². The highest BCUT2D eigenvalue weighted by molar-refractivity contribution is 5.70. The third-order valence-electron chi connectivity index (χ3n) is 3.27. The lowest BCUT2D eigenvalue weighted by molar-refractivity contribution is -0.148. The van der Waals surface area contributed by atoms with Crippen LogP contribution in [0.5, 0.6) is 0 Å². The Morgan fingerprint density at radius 2 is 1.26 bits per heavy atom. The van der Waals surface area contributed by atoms with E-state index in [1.54, 1.807) is 0 Å². The van der Waals surface area contributed by atoms with Crippen LogP contribution in [0.15, 0.2) is 0 Å². The number of carbonyl (C=O) groups is 1. The number of esters is 1. The molecule has 3 heteroatoms. The standard InChI is InChI=1S/C16H32O3/c1-3-4-5-6-7-8-9-10-11-12-13-14-19-16(17)15-18-2/h3-15H2,1-2H3. The lowest BCUT2D eigenvalue weighted by atomic mass is 10.1. The van der Waals surface area contributed by atoms with Crippen molar-refractivity contribution in [1.82, 2.24) is 0 Å². The average Bonchev–Trinajstić information content (AvgIpc) is 2.40. The summed E-state index contributed by atoms with van der Waals surface area (Å²) in [7, 11) is 1.50. The Labute approximate surface area is 119 Å². The van der Waals surface area contributed by atoms with E-state index in [4.69, 9.17) is 4.74 Å². The van der Waals surface area contributed by atoms with Crippen LogP contribution in [0.1, 0.15) is 77.6 Å². The molecule has 19 heavy (non-hydrogen) atoms. The molecule has 0 bridgehead atoms. The van der Waals surface area contributed by atoms with Crippen LogP contribution in [0, 0.1) is 0 Å². The first-order valence-corrected chi connectivity index (χ1v) is 7.95. The summed E-state index contributed by atoms with van der Waals surface area (Å²) in [4.78, 5) is 11.0. The third-order valence-corrected chi connectivity index (χ3v) is 3.27. The van der Waals surface area contributed by atoms with Crippen LogP contribution in [-0.2, 0) is 14.3 Å². The summed E-state index contributed by atoms with van der Waals surface area (Å²) in [6.45, 7) is 2.86. The smallest absolute Gasteiger partial charge is 0.332 e. The first-order valence-electron chi connectivity index (χ1n) is 7.95. The van der Waals surface area contributed by atoms with E-state index >= 15 is 0 Å². The Morgan fingerprint density at radius 1 is 0.789 bits per heavy atom. The SMILES string of the molecule is CCCCCCCCCCCCCOC(=O)COC. The van der Waals surface area contributed by atoms with Crippen molar-refractivity contribution in [2.75, 3.05) is 20.3 Å². The van der Waals surface area contributed by atoms with Crippen molar-refractivity contribution < 1.29 is 14.3 Å². The van der Waals surface area contributed by atoms with E-state index in [9.17, 15) is 4.79 Å². The number of ether oxygens (including phenoxy) is 2. The normalized spacial score (nSPS) is 10.6. The zero-order chi connectivity index (χ0) is 14.2.